The molecule has 5 aromatic rings. The lowest BCUT2D eigenvalue weighted by Gasteiger charge is -2.12. The predicted octanol–water partition coefficient (Wildman–Crippen LogP) is 5.99. The van der Waals surface area contributed by atoms with Gasteiger partial charge in [-0.1, -0.05) is 66.7 Å². The highest BCUT2D eigenvalue weighted by Gasteiger charge is 2.16. The van der Waals surface area contributed by atoms with Crippen LogP contribution >= 0.6 is 0 Å². The Morgan fingerprint density at radius 3 is 2.13 bits per heavy atom. The van der Waals surface area contributed by atoms with Crippen LogP contribution in [-0.4, -0.2) is 32.3 Å². The van der Waals surface area contributed by atoms with E-state index in [1.54, 1.807) is 30.3 Å². The summed E-state index contributed by atoms with van der Waals surface area (Å²) in [5.41, 5.74) is 3.96. The molecule has 0 saturated carbocycles. The molecule has 0 aliphatic carbocycles. The smallest absolute Gasteiger partial charge is 0.343 e. The Balaban J connectivity index is 1.44. The number of nitrogens with one attached hydrogen (secondary N) is 1. The van der Waals surface area contributed by atoms with Crippen molar-refractivity contribution >= 4 is 39.6 Å². The fraction of sp³-hybridized carbons (Fsp3) is 0.0645. The number of methoxy groups -OCH3 is 2. The van der Waals surface area contributed by atoms with Gasteiger partial charge in [-0.25, -0.2) is 10.2 Å². The van der Waals surface area contributed by atoms with Crippen LogP contribution in [0.5, 0.6) is 17.2 Å². The number of fused-ring (bicyclic) bond motifs is 2. The van der Waals surface area contributed by atoms with Gasteiger partial charge >= 0.3 is 5.97 Å². The third kappa shape index (κ3) is 4.90. The van der Waals surface area contributed by atoms with Gasteiger partial charge in [-0.3, -0.25) is 4.79 Å². The molecule has 0 radical (unpaired) electrons. The SMILES string of the molecule is COc1ccc(C(=O)Oc2ccc3ccccc3c2C=NNC(=O)c2cccc3ccccc23)cc1OC. The molecule has 0 spiro atoms. The molecular formula is C31H24N2O5. The second-order valence-corrected chi connectivity index (χ2v) is 8.38. The fourth-order valence-corrected chi connectivity index (χ4v) is 4.26. The standard InChI is InChI=1S/C31H24N2O5/c1-36-28-17-15-22(18-29(28)37-2)31(35)38-27-16-14-21-9-4-6-12-24(21)26(27)19-32-33-30(34)25-13-7-10-20-8-3-5-11-23(20)25/h3-19H,1-2H3,(H,33,34). The predicted molar refractivity (Wildman–Crippen MR) is 147 cm³/mol. The number of carbonyl (C=O) groups excluding carboxylic acids is 2. The van der Waals surface area contributed by atoms with Crippen LogP contribution < -0.4 is 19.6 Å². The number of benzene rings is 5. The van der Waals surface area contributed by atoms with Crippen LogP contribution in [-0.2, 0) is 0 Å². The van der Waals surface area contributed by atoms with Crippen molar-refractivity contribution in [3.63, 3.8) is 0 Å². The lowest BCUT2D eigenvalue weighted by atomic mass is 10.0. The zero-order valence-electron chi connectivity index (χ0n) is 20.8. The van der Waals surface area contributed by atoms with Crippen molar-refractivity contribution in [2.75, 3.05) is 14.2 Å². The number of esters is 1. The maximum Gasteiger partial charge on any atom is 0.343 e. The molecule has 0 saturated heterocycles. The van der Waals surface area contributed by atoms with Crippen molar-refractivity contribution in [2.24, 2.45) is 5.10 Å². The Morgan fingerprint density at radius 2 is 1.37 bits per heavy atom. The largest absolute Gasteiger partial charge is 0.493 e. The molecule has 7 nitrogen and oxygen atoms in total. The Morgan fingerprint density at radius 1 is 0.711 bits per heavy atom. The van der Waals surface area contributed by atoms with Gasteiger partial charge in [0.2, 0.25) is 0 Å². The monoisotopic (exact) mass is 504 g/mol. The number of hydrogen-bond acceptors (Lipinski definition) is 6. The summed E-state index contributed by atoms with van der Waals surface area (Å²) in [6.45, 7) is 0. The molecule has 1 N–H and O–H groups in total. The van der Waals surface area contributed by atoms with Crippen molar-refractivity contribution in [3.8, 4) is 17.2 Å². The Kier molecular flexibility index (Phi) is 6.99. The molecule has 0 unspecified atom stereocenters. The lowest BCUT2D eigenvalue weighted by Crippen LogP contribution is -2.18. The summed E-state index contributed by atoms with van der Waals surface area (Å²) in [5.74, 6) is 0.299. The van der Waals surface area contributed by atoms with Crippen LogP contribution in [0.25, 0.3) is 21.5 Å². The lowest BCUT2D eigenvalue weighted by molar-refractivity contribution is 0.0734. The van der Waals surface area contributed by atoms with Crippen LogP contribution in [0.3, 0.4) is 0 Å². The van der Waals surface area contributed by atoms with Gasteiger partial charge in [-0.05, 0) is 51.9 Å². The zero-order chi connectivity index (χ0) is 26.5. The normalized spacial score (nSPS) is 11.0. The second-order valence-electron chi connectivity index (χ2n) is 8.38. The minimum atomic E-state index is -0.573. The van der Waals surface area contributed by atoms with Crippen LogP contribution in [0.4, 0.5) is 0 Å². The molecular weight excluding hydrogens is 480 g/mol. The van der Waals surface area contributed by atoms with E-state index < -0.39 is 5.97 Å². The van der Waals surface area contributed by atoms with E-state index in [1.807, 2.05) is 66.7 Å². The number of carbonyl (C=O) groups is 2. The number of rotatable bonds is 7. The van der Waals surface area contributed by atoms with E-state index in [2.05, 4.69) is 10.5 Å². The average molecular weight is 505 g/mol. The van der Waals surface area contributed by atoms with Crippen molar-refractivity contribution in [1.29, 1.82) is 0 Å². The molecule has 0 aliphatic rings. The van der Waals surface area contributed by atoms with Crippen LogP contribution in [0.15, 0.2) is 102 Å². The second kappa shape index (κ2) is 10.8. The molecule has 188 valence electrons. The Labute approximate surface area is 219 Å². The highest BCUT2D eigenvalue weighted by Crippen LogP contribution is 2.30. The molecule has 0 heterocycles. The summed E-state index contributed by atoms with van der Waals surface area (Å²) in [6, 6.07) is 29.2. The van der Waals surface area contributed by atoms with Gasteiger partial charge in [-0.2, -0.15) is 5.10 Å². The van der Waals surface area contributed by atoms with E-state index >= 15 is 0 Å². The highest BCUT2D eigenvalue weighted by molar-refractivity contribution is 6.08. The van der Waals surface area contributed by atoms with E-state index in [4.69, 9.17) is 14.2 Å². The fourth-order valence-electron chi connectivity index (χ4n) is 4.26. The maximum atomic E-state index is 13.0. The first kappa shape index (κ1) is 24.5. The van der Waals surface area contributed by atoms with Gasteiger partial charge in [0.1, 0.15) is 5.75 Å². The van der Waals surface area contributed by atoms with E-state index in [1.165, 1.54) is 20.4 Å². The molecule has 5 aromatic carbocycles. The molecule has 0 aliphatic heterocycles. The highest BCUT2D eigenvalue weighted by atomic mass is 16.5. The van der Waals surface area contributed by atoms with E-state index in [-0.39, 0.29) is 5.91 Å². The first-order valence-electron chi connectivity index (χ1n) is 11.9. The Bertz CT molecular complexity index is 1690. The molecule has 0 aromatic heterocycles. The number of hydrazone groups is 1. The Hall–Kier alpha value is -5.17. The first-order valence-corrected chi connectivity index (χ1v) is 11.9. The van der Waals surface area contributed by atoms with Crippen molar-refractivity contribution in [1.82, 2.24) is 5.43 Å². The quantitative estimate of drug-likeness (QED) is 0.127. The molecule has 0 atom stereocenters. The van der Waals surface area contributed by atoms with E-state index in [9.17, 15) is 9.59 Å². The summed E-state index contributed by atoms with van der Waals surface area (Å²) in [7, 11) is 3.02. The van der Waals surface area contributed by atoms with Gasteiger partial charge in [0.05, 0.1) is 26.0 Å². The number of nitrogens with zero attached hydrogens (tertiary/aromatic N) is 1. The van der Waals surface area contributed by atoms with Crippen LogP contribution in [0.1, 0.15) is 26.3 Å². The van der Waals surface area contributed by atoms with Gasteiger partial charge in [0.25, 0.3) is 5.91 Å². The van der Waals surface area contributed by atoms with Crippen molar-refractivity contribution in [3.05, 3.63) is 114 Å². The average Bonchev–Trinajstić information content (AvgIpc) is 2.97. The van der Waals surface area contributed by atoms with Gasteiger partial charge in [0, 0.05) is 11.1 Å². The third-order valence-corrected chi connectivity index (χ3v) is 6.15. The zero-order valence-corrected chi connectivity index (χ0v) is 20.8. The van der Waals surface area contributed by atoms with Gasteiger partial charge < -0.3 is 14.2 Å². The molecule has 1 amide bonds. The molecule has 38 heavy (non-hydrogen) atoms. The van der Waals surface area contributed by atoms with Crippen molar-refractivity contribution < 1.29 is 23.8 Å². The first-order chi connectivity index (χ1) is 18.6. The summed E-state index contributed by atoms with van der Waals surface area (Å²) in [4.78, 5) is 26.0. The summed E-state index contributed by atoms with van der Waals surface area (Å²) in [5, 5.41) is 7.75. The van der Waals surface area contributed by atoms with E-state index in [0.29, 0.717) is 33.9 Å². The number of amides is 1. The molecule has 0 fully saturated rings. The minimum Gasteiger partial charge on any atom is -0.493 e. The van der Waals surface area contributed by atoms with Gasteiger partial charge in [0.15, 0.2) is 11.5 Å². The molecule has 0 bridgehead atoms. The van der Waals surface area contributed by atoms with Crippen molar-refractivity contribution in [2.45, 2.75) is 0 Å². The number of ether oxygens (including phenoxy) is 3. The molecule has 7 heteroatoms. The summed E-state index contributed by atoms with van der Waals surface area (Å²) >= 11 is 0. The van der Waals surface area contributed by atoms with Crippen LogP contribution in [0, 0.1) is 0 Å². The summed E-state index contributed by atoms with van der Waals surface area (Å²) < 4.78 is 16.3. The maximum absolute atomic E-state index is 13.0. The molecule has 5 rings (SSSR count). The van der Waals surface area contributed by atoms with Gasteiger partial charge in [-0.15, -0.1) is 0 Å². The van der Waals surface area contributed by atoms with Crippen LogP contribution in [0.2, 0.25) is 0 Å². The van der Waals surface area contributed by atoms with E-state index in [0.717, 1.165) is 21.5 Å². The third-order valence-electron chi connectivity index (χ3n) is 6.15. The summed E-state index contributed by atoms with van der Waals surface area (Å²) in [6.07, 6.45) is 1.49. The minimum absolute atomic E-state index is 0.294. The number of hydrogen-bond donors (Lipinski definition) is 1. The topological polar surface area (TPSA) is 86.2 Å².